The molecule has 0 bridgehead atoms. The summed E-state index contributed by atoms with van der Waals surface area (Å²) in [5.41, 5.74) is 1.79. The van der Waals surface area contributed by atoms with E-state index in [1.807, 2.05) is 25.1 Å². The van der Waals surface area contributed by atoms with E-state index < -0.39 is 0 Å². The molecule has 0 fully saturated rings. The van der Waals surface area contributed by atoms with Crippen LogP contribution in [0.5, 0.6) is 17.2 Å². The summed E-state index contributed by atoms with van der Waals surface area (Å²) in [6, 6.07) is 13.0. The number of hydrogen-bond acceptors (Lipinski definition) is 4. The van der Waals surface area contributed by atoms with Crippen molar-refractivity contribution in [1.29, 1.82) is 0 Å². The molecule has 4 heteroatoms. The SMILES string of the molecule is COc1cc(C)ccc1OCCCCOc1ccc(C=O)cc1. The Balaban J connectivity index is 1.66. The Hall–Kier alpha value is -2.49. The lowest BCUT2D eigenvalue weighted by Gasteiger charge is -2.11. The van der Waals surface area contributed by atoms with E-state index in [0.717, 1.165) is 41.9 Å². The van der Waals surface area contributed by atoms with Crippen molar-refractivity contribution >= 4 is 6.29 Å². The monoisotopic (exact) mass is 314 g/mol. The Kier molecular flexibility index (Phi) is 6.48. The van der Waals surface area contributed by atoms with Crippen molar-refractivity contribution in [2.75, 3.05) is 20.3 Å². The van der Waals surface area contributed by atoms with Gasteiger partial charge in [-0.3, -0.25) is 4.79 Å². The molecule has 0 spiro atoms. The maximum atomic E-state index is 10.6. The van der Waals surface area contributed by atoms with Crippen molar-refractivity contribution in [1.82, 2.24) is 0 Å². The van der Waals surface area contributed by atoms with Crippen LogP contribution >= 0.6 is 0 Å². The minimum absolute atomic E-state index is 0.618. The van der Waals surface area contributed by atoms with Crippen molar-refractivity contribution in [3.8, 4) is 17.2 Å². The first-order valence-corrected chi connectivity index (χ1v) is 7.68. The van der Waals surface area contributed by atoms with Crippen LogP contribution in [0, 0.1) is 6.92 Å². The number of benzene rings is 2. The quantitative estimate of drug-likeness (QED) is 0.517. The van der Waals surface area contributed by atoms with Crippen LogP contribution in [0.2, 0.25) is 0 Å². The van der Waals surface area contributed by atoms with Crippen LogP contribution in [0.4, 0.5) is 0 Å². The molecule has 0 N–H and O–H groups in total. The van der Waals surface area contributed by atoms with Gasteiger partial charge in [0.25, 0.3) is 0 Å². The summed E-state index contributed by atoms with van der Waals surface area (Å²) in [6.45, 7) is 3.26. The molecule has 0 atom stereocenters. The zero-order valence-electron chi connectivity index (χ0n) is 13.6. The lowest BCUT2D eigenvalue weighted by molar-refractivity contribution is 0.112. The van der Waals surface area contributed by atoms with Gasteiger partial charge in [0.1, 0.15) is 12.0 Å². The van der Waals surface area contributed by atoms with Gasteiger partial charge in [-0.15, -0.1) is 0 Å². The molecule has 0 aliphatic rings. The molecule has 4 nitrogen and oxygen atoms in total. The van der Waals surface area contributed by atoms with E-state index in [1.54, 1.807) is 31.4 Å². The van der Waals surface area contributed by atoms with Gasteiger partial charge in [-0.05, 0) is 61.7 Å². The number of aldehydes is 1. The smallest absolute Gasteiger partial charge is 0.161 e. The molecule has 23 heavy (non-hydrogen) atoms. The fraction of sp³-hybridized carbons (Fsp3) is 0.316. The van der Waals surface area contributed by atoms with Crippen molar-refractivity contribution in [2.24, 2.45) is 0 Å². The van der Waals surface area contributed by atoms with Gasteiger partial charge in [0.2, 0.25) is 0 Å². The first-order valence-electron chi connectivity index (χ1n) is 7.68. The summed E-state index contributed by atoms with van der Waals surface area (Å²) in [6.07, 6.45) is 2.60. The van der Waals surface area contributed by atoms with Crippen LogP contribution in [0.15, 0.2) is 42.5 Å². The summed E-state index contributed by atoms with van der Waals surface area (Å²) in [7, 11) is 1.64. The van der Waals surface area contributed by atoms with Gasteiger partial charge >= 0.3 is 0 Å². The molecule has 0 aliphatic carbocycles. The third kappa shape index (κ3) is 5.33. The van der Waals surface area contributed by atoms with Gasteiger partial charge < -0.3 is 14.2 Å². The van der Waals surface area contributed by atoms with Crippen molar-refractivity contribution < 1.29 is 19.0 Å². The number of rotatable bonds is 9. The molecule has 0 heterocycles. The van der Waals surface area contributed by atoms with Gasteiger partial charge in [-0.25, -0.2) is 0 Å². The lowest BCUT2D eigenvalue weighted by atomic mass is 10.2. The van der Waals surface area contributed by atoms with Crippen LogP contribution in [0.1, 0.15) is 28.8 Å². The van der Waals surface area contributed by atoms with Crippen molar-refractivity contribution in [3.05, 3.63) is 53.6 Å². The largest absolute Gasteiger partial charge is 0.494 e. The van der Waals surface area contributed by atoms with E-state index in [1.165, 1.54) is 0 Å². The number of carbonyl (C=O) groups is 1. The fourth-order valence-electron chi connectivity index (χ4n) is 2.11. The van der Waals surface area contributed by atoms with Gasteiger partial charge in [0.15, 0.2) is 11.5 Å². The van der Waals surface area contributed by atoms with Crippen LogP contribution in [0.3, 0.4) is 0 Å². The van der Waals surface area contributed by atoms with Crippen molar-refractivity contribution in [3.63, 3.8) is 0 Å². The number of hydrogen-bond donors (Lipinski definition) is 0. The van der Waals surface area contributed by atoms with E-state index in [-0.39, 0.29) is 0 Å². The van der Waals surface area contributed by atoms with Crippen LogP contribution < -0.4 is 14.2 Å². The number of ether oxygens (including phenoxy) is 3. The molecule has 0 saturated carbocycles. The number of aryl methyl sites for hydroxylation is 1. The third-order valence-corrected chi connectivity index (χ3v) is 3.40. The van der Waals surface area contributed by atoms with Crippen LogP contribution in [-0.4, -0.2) is 26.6 Å². The van der Waals surface area contributed by atoms with Crippen molar-refractivity contribution in [2.45, 2.75) is 19.8 Å². The maximum Gasteiger partial charge on any atom is 0.161 e. The average Bonchev–Trinajstić information content (AvgIpc) is 2.59. The molecule has 0 saturated heterocycles. The molecule has 2 aromatic rings. The maximum absolute atomic E-state index is 10.6. The topological polar surface area (TPSA) is 44.8 Å². The highest BCUT2D eigenvalue weighted by molar-refractivity contribution is 5.74. The van der Waals surface area contributed by atoms with E-state index >= 15 is 0 Å². The van der Waals surface area contributed by atoms with E-state index in [9.17, 15) is 4.79 Å². The lowest BCUT2D eigenvalue weighted by Crippen LogP contribution is -2.03. The molecule has 0 amide bonds. The Morgan fingerprint density at radius 1 is 0.913 bits per heavy atom. The Morgan fingerprint density at radius 3 is 2.26 bits per heavy atom. The second kappa shape index (κ2) is 8.83. The van der Waals surface area contributed by atoms with Gasteiger partial charge in [0.05, 0.1) is 20.3 Å². The van der Waals surface area contributed by atoms with Crippen LogP contribution in [0.25, 0.3) is 0 Å². The summed E-state index contributed by atoms with van der Waals surface area (Å²) in [5, 5.41) is 0. The first-order chi connectivity index (χ1) is 11.2. The second-order valence-corrected chi connectivity index (χ2v) is 5.25. The molecule has 0 aliphatic heterocycles. The fourth-order valence-corrected chi connectivity index (χ4v) is 2.11. The normalized spacial score (nSPS) is 10.2. The number of unbranched alkanes of at least 4 members (excludes halogenated alkanes) is 1. The predicted octanol–water partition coefficient (Wildman–Crippen LogP) is 4.05. The van der Waals surface area contributed by atoms with Gasteiger partial charge in [-0.2, -0.15) is 0 Å². The number of methoxy groups -OCH3 is 1. The van der Waals surface area contributed by atoms with Gasteiger partial charge in [0, 0.05) is 5.56 Å². The zero-order valence-corrected chi connectivity index (χ0v) is 13.6. The average molecular weight is 314 g/mol. The standard InChI is InChI=1S/C19H22O4/c1-15-5-10-18(19(13-15)21-2)23-12-4-3-11-22-17-8-6-16(14-20)7-9-17/h5-10,13-14H,3-4,11-12H2,1-2H3. The highest BCUT2D eigenvalue weighted by Crippen LogP contribution is 2.27. The predicted molar refractivity (Wildman–Crippen MR) is 89.8 cm³/mol. The molecule has 0 unspecified atom stereocenters. The highest BCUT2D eigenvalue weighted by Gasteiger charge is 2.04. The Labute approximate surface area is 137 Å². The Morgan fingerprint density at radius 2 is 1.61 bits per heavy atom. The minimum atomic E-state index is 0.618. The van der Waals surface area contributed by atoms with E-state index in [0.29, 0.717) is 18.8 Å². The summed E-state index contributed by atoms with van der Waals surface area (Å²) in [5.74, 6) is 2.30. The Bertz CT molecular complexity index is 620. The summed E-state index contributed by atoms with van der Waals surface area (Å²) < 4.78 is 16.7. The molecule has 0 radical (unpaired) electrons. The third-order valence-electron chi connectivity index (χ3n) is 3.40. The molecule has 0 aromatic heterocycles. The zero-order chi connectivity index (χ0) is 16.5. The first kappa shape index (κ1) is 16.9. The summed E-state index contributed by atoms with van der Waals surface area (Å²) >= 11 is 0. The molecular formula is C19H22O4. The molecule has 2 rings (SSSR count). The molecule has 122 valence electrons. The molecule has 2 aromatic carbocycles. The number of carbonyl (C=O) groups excluding carboxylic acids is 1. The minimum Gasteiger partial charge on any atom is -0.494 e. The molecular weight excluding hydrogens is 292 g/mol. The van der Waals surface area contributed by atoms with Gasteiger partial charge in [-0.1, -0.05) is 6.07 Å². The van der Waals surface area contributed by atoms with Crippen LogP contribution in [-0.2, 0) is 0 Å². The van der Waals surface area contributed by atoms with E-state index in [4.69, 9.17) is 14.2 Å². The summed E-state index contributed by atoms with van der Waals surface area (Å²) in [4.78, 5) is 10.6. The highest BCUT2D eigenvalue weighted by atomic mass is 16.5. The second-order valence-electron chi connectivity index (χ2n) is 5.25. The van der Waals surface area contributed by atoms with E-state index in [2.05, 4.69) is 0 Å².